The van der Waals surface area contributed by atoms with Gasteiger partial charge in [-0.2, -0.15) is 0 Å². The molecular weight excluding hydrogens is 222 g/mol. The van der Waals surface area contributed by atoms with Crippen molar-refractivity contribution >= 4 is 11.8 Å². The minimum Gasteiger partial charge on any atom is -0.484 e. The van der Waals surface area contributed by atoms with Crippen molar-refractivity contribution in [2.75, 3.05) is 13.2 Å². The number of hydrogen-bond donors (Lipinski definition) is 3. The van der Waals surface area contributed by atoms with E-state index in [0.717, 1.165) is 0 Å². The highest BCUT2D eigenvalue weighted by Crippen LogP contribution is 2.07. The molecular formula is C11H15N3O3. The van der Waals surface area contributed by atoms with Gasteiger partial charge >= 0.3 is 0 Å². The topological polar surface area (TPSA) is 93.5 Å². The van der Waals surface area contributed by atoms with Gasteiger partial charge in [0.25, 0.3) is 5.91 Å². The molecule has 0 heterocycles. The van der Waals surface area contributed by atoms with E-state index in [-0.39, 0.29) is 25.5 Å². The van der Waals surface area contributed by atoms with E-state index in [2.05, 4.69) is 10.9 Å². The number of benzene rings is 1. The number of carbonyl (C=O) groups is 2. The second kappa shape index (κ2) is 7.24. The Labute approximate surface area is 99.1 Å². The van der Waals surface area contributed by atoms with Crippen LogP contribution in [0.4, 0.5) is 0 Å². The van der Waals surface area contributed by atoms with E-state index in [4.69, 9.17) is 10.5 Å². The van der Waals surface area contributed by atoms with Crippen LogP contribution < -0.4 is 21.3 Å². The summed E-state index contributed by atoms with van der Waals surface area (Å²) in [5.74, 6) is -0.171. The van der Waals surface area contributed by atoms with Gasteiger partial charge in [-0.1, -0.05) is 18.2 Å². The van der Waals surface area contributed by atoms with E-state index >= 15 is 0 Å². The minimum absolute atomic E-state index is 0.160. The van der Waals surface area contributed by atoms with E-state index in [9.17, 15) is 9.59 Å². The van der Waals surface area contributed by atoms with Gasteiger partial charge in [0.2, 0.25) is 5.91 Å². The largest absolute Gasteiger partial charge is 0.484 e. The second-order valence-electron chi connectivity index (χ2n) is 3.24. The first-order chi connectivity index (χ1) is 8.22. The standard InChI is InChI=1S/C11H15N3O3/c12-7-6-10(15)13-14-11(16)8-17-9-4-2-1-3-5-9/h1-5H,6-8,12H2,(H,13,15)(H,14,16). The summed E-state index contributed by atoms with van der Waals surface area (Å²) < 4.78 is 5.17. The van der Waals surface area contributed by atoms with Crippen LogP contribution in [0, 0.1) is 0 Å². The molecule has 0 fully saturated rings. The average molecular weight is 237 g/mol. The summed E-state index contributed by atoms with van der Waals surface area (Å²) in [6.07, 6.45) is 0.166. The Balaban J connectivity index is 2.20. The predicted octanol–water partition coefficient (Wildman–Crippen LogP) is -0.438. The van der Waals surface area contributed by atoms with Gasteiger partial charge in [0.1, 0.15) is 5.75 Å². The van der Waals surface area contributed by atoms with Gasteiger partial charge in [0.05, 0.1) is 0 Å². The predicted molar refractivity (Wildman–Crippen MR) is 61.9 cm³/mol. The molecule has 0 aromatic heterocycles. The quantitative estimate of drug-likeness (QED) is 0.605. The Bertz CT molecular complexity index is 367. The first-order valence-corrected chi connectivity index (χ1v) is 5.18. The number of ether oxygens (including phenoxy) is 1. The van der Waals surface area contributed by atoms with Crippen LogP contribution in [0.25, 0.3) is 0 Å². The SMILES string of the molecule is NCCC(=O)NNC(=O)COc1ccccc1. The van der Waals surface area contributed by atoms with Crippen molar-refractivity contribution in [3.05, 3.63) is 30.3 Å². The Kier molecular flexibility index (Phi) is 5.53. The lowest BCUT2D eigenvalue weighted by atomic mass is 10.3. The van der Waals surface area contributed by atoms with E-state index in [1.807, 2.05) is 6.07 Å². The third kappa shape index (κ3) is 5.53. The van der Waals surface area contributed by atoms with Crippen molar-refractivity contribution in [2.24, 2.45) is 5.73 Å². The zero-order valence-corrected chi connectivity index (χ0v) is 9.31. The molecule has 6 nitrogen and oxygen atoms in total. The molecule has 0 bridgehead atoms. The summed E-state index contributed by atoms with van der Waals surface area (Å²) in [7, 11) is 0. The zero-order valence-electron chi connectivity index (χ0n) is 9.31. The van der Waals surface area contributed by atoms with Crippen LogP contribution in [0.3, 0.4) is 0 Å². The Morgan fingerprint density at radius 3 is 2.41 bits per heavy atom. The molecule has 0 aliphatic rings. The van der Waals surface area contributed by atoms with E-state index < -0.39 is 5.91 Å². The van der Waals surface area contributed by atoms with E-state index in [0.29, 0.717) is 5.75 Å². The number of carbonyl (C=O) groups excluding carboxylic acids is 2. The first-order valence-electron chi connectivity index (χ1n) is 5.18. The summed E-state index contributed by atoms with van der Waals surface area (Å²) in [5, 5.41) is 0. The number of nitrogens with one attached hydrogen (secondary N) is 2. The van der Waals surface area contributed by atoms with Crippen LogP contribution in [-0.2, 0) is 9.59 Å². The molecule has 0 aliphatic heterocycles. The molecule has 17 heavy (non-hydrogen) atoms. The van der Waals surface area contributed by atoms with Gasteiger partial charge in [-0.15, -0.1) is 0 Å². The molecule has 0 unspecified atom stereocenters. The fraction of sp³-hybridized carbons (Fsp3) is 0.273. The van der Waals surface area contributed by atoms with Crippen molar-refractivity contribution in [1.29, 1.82) is 0 Å². The van der Waals surface area contributed by atoms with Gasteiger partial charge in [-0.05, 0) is 12.1 Å². The molecule has 92 valence electrons. The summed E-state index contributed by atoms with van der Waals surface area (Å²) >= 11 is 0. The number of nitrogens with two attached hydrogens (primary N) is 1. The molecule has 0 aliphatic carbocycles. The van der Waals surface area contributed by atoms with Crippen molar-refractivity contribution in [3.63, 3.8) is 0 Å². The number of hydrazine groups is 1. The second-order valence-corrected chi connectivity index (χ2v) is 3.24. The maximum Gasteiger partial charge on any atom is 0.276 e. The lowest BCUT2D eigenvalue weighted by molar-refractivity contribution is -0.129. The molecule has 1 aromatic carbocycles. The van der Waals surface area contributed by atoms with Crippen molar-refractivity contribution in [1.82, 2.24) is 10.9 Å². The third-order valence-corrected chi connectivity index (χ3v) is 1.83. The smallest absolute Gasteiger partial charge is 0.276 e. The Morgan fingerprint density at radius 2 is 1.76 bits per heavy atom. The van der Waals surface area contributed by atoms with Gasteiger partial charge < -0.3 is 10.5 Å². The van der Waals surface area contributed by atoms with E-state index in [1.165, 1.54) is 0 Å². The minimum atomic E-state index is -0.431. The fourth-order valence-electron chi connectivity index (χ4n) is 1.03. The summed E-state index contributed by atoms with van der Waals surface area (Å²) in [5.41, 5.74) is 9.61. The number of hydrogen-bond acceptors (Lipinski definition) is 4. The molecule has 0 atom stereocenters. The monoisotopic (exact) mass is 237 g/mol. The molecule has 0 saturated carbocycles. The van der Waals surface area contributed by atoms with Crippen LogP contribution in [0.1, 0.15) is 6.42 Å². The van der Waals surface area contributed by atoms with Gasteiger partial charge in [0, 0.05) is 13.0 Å². The highest BCUT2D eigenvalue weighted by atomic mass is 16.5. The van der Waals surface area contributed by atoms with Crippen molar-refractivity contribution in [2.45, 2.75) is 6.42 Å². The number of para-hydroxylation sites is 1. The highest BCUT2D eigenvalue weighted by Gasteiger charge is 2.04. The fourth-order valence-corrected chi connectivity index (χ4v) is 1.03. The van der Waals surface area contributed by atoms with Gasteiger partial charge in [0.15, 0.2) is 6.61 Å². The first kappa shape index (κ1) is 13.0. The average Bonchev–Trinajstić information content (AvgIpc) is 2.35. The molecule has 4 N–H and O–H groups in total. The number of amides is 2. The van der Waals surface area contributed by atoms with Gasteiger partial charge in [-0.25, -0.2) is 0 Å². The third-order valence-electron chi connectivity index (χ3n) is 1.83. The normalized spacial score (nSPS) is 9.47. The van der Waals surface area contributed by atoms with E-state index in [1.54, 1.807) is 24.3 Å². The van der Waals surface area contributed by atoms with Crippen LogP contribution in [0.15, 0.2) is 30.3 Å². The lowest BCUT2D eigenvalue weighted by Gasteiger charge is -2.08. The maximum atomic E-state index is 11.2. The summed E-state index contributed by atoms with van der Waals surface area (Å²) in [6, 6.07) is 8.92. The van der Waals surface area contributed by atoms with Crippen LogP contribution >= 0.6 is 0 Å². The van der Waals surface area contributed by atoms with Crippen LogP contribution in [0.5, 0.6) is 5.75 Å². The van der Waals surface area contributed by atoms with Crippen LogP contribution in [0.2, 0.25) is 0 Å². The lowest BCUT2D eigenvalue weighted by Crippen LogP contribution is -2.44. The summed E-state index contributed by atoms with van der Waals surface area (Å²) in [4.78, 5) is 22.2. The molecule has 0 spiro atoms. The van der Waals surface area contributed by atoms with Crippen molar-refractivity contribution < 1.29 is 14.3 Å². The molecule has 1 rings (SSSR count). The number of rotatable bonds is 5. The highest BCUT2D eigenvalue weighted by molar-refractivity contribution is 5.82. The Hall–Kier alpha value is -2.08. The van der Waals surface area contributed by atoms with Crippen molar-refractivity contribution in [3.8, 4) is 5.75 Å². The molecule has 2 amide bonds. The van der Waals surface area contributed by atoms with Gasteiger partial charge in [-0.3, -0.25) is 20.4 Å². The molecule has 6 heteroatoms. The van der Waals surface area contributed by atoms with Crippen LogP contribution in [-0.4, -0.2) is 25.0 Å². The molecule has 0 saturated heterocycles. The molecule has 1 aromatic rings. The molecule has 0 radical (unpaired) electrons. The Morgan fingerprint density at radius 1 is 1.12 bits per heavy atom. The summed E-state index contributed by atoms with van der Waals surface area (Å²) in [6.45, 7) is 0.0785. The maximum absolute atomic E-state index is 11.2. The zero-order chi connectivity index (χ0) is 12.5.